The maximum Gasteiger partial charge on any atom is 0.337 e. The average molecular weight is 267 g/mol. The van der Waals surface area contributed by atoms with E-state index in [1.807, 2.05) is 12.1 Å². The lowest BCUT2D eigenvalue weighted by molar-refractivity contribution is 0.0696. The van der Waals surface area contributed by atoms with Gasteiger partial charge in [0.25, 0.3) is 0 Å². The van der Waals surface area contributed by atoms with Crippen molar-refractivity contribution in [2.24, 2.45) is 0 Å². The SMILES string of the molecule is O=C(O)c1ccc2c3c1NOC3c1ccccc1C2=O. The first kappa shape index (κ1) is 11.2. The van der Waals surface area contributed by atoms with Gasteiger partial charge in [-0.3, -0.25) is 15.1 Å². The lowest BCUT2D eigenvalue weighted by Crippen LogP contribution is -2.18. The van der Waals surface area contributed by atoms with Gasteiger partial charge in [0, 0.05) is 16.7 Å². The number of hydrogen-bond acceptors (Lipinski definition) is 4. The Bertz CT molecular complexity index is 781. The zero-order valence-electron chi connectivity index (χ0n) is 10.2. The summed E-state index contributed by atoms with van der Waals surface area (Å²) in [7, 11) is 0. The van der Waals surface area contributed by atoms with Crippen LogP contribution in [0.2, 0.25) is 0 Å². The second-order valence-corrected chi connectivity index (χ2v) is 4.77. The number of carboxylic acid groups (broad SMARTS) is 1. The molecule has 98 valence electrons. The highest BCUT2D eigenvalue weighted by molar-refractivity contribution is 6.14. The van der Waals surface area contributed by atoms with Gasteiger partial charge in [-0.15, -0.1) is 0 Å². The van der Waals surface area contributed by atoms with Crippen molar-refractivity contribution in [3.05, 3.63) is 64.2 Å². The number of rotatable bonds is 1. The fraction of sp³-hybridized carbons (Fsp3) is 0.0667. The zero-order valence-corrected chi connectivity index (χ0v) is 10.2. The Labute approximate surface area is 113 Å². The van der Waals surface area contributed by atoms with E-state index in [1.165, 1.54) is 6.07 Å². The molecule has 1 unspecified atom stereocenters. The van der Waals surface area contributed by atoms with E-state index in [1.54, 1.807) is 18.2 Å². The summed E-state index contributed by atoms with van der Waals surface area (Å²) < 4.78 is 0. The van der Waals surface area contributed by atoms with Crippen molar-refractivity contribution in [3.63, 3.8) is 0 Å². The number of benzene rings is 2. The van der Waals surface area contributed by atoms with Crippen LogP contribution in [0.15, 0.2) is 36.4 Å². The van der Waals surface area contributed by atoms with Gasteiger partial charge in [-0.05, 0) is 17.7 Å². The van der Waals surface area contributed by atoms with Crippen molar-refractivity contribution in [1.82, 2.24) is 0 Å². The van der Waals surface area contributed by atoms with Gasteiger partial charge in [0.1, 0.15) is 6.10 Å². The molecule has 5 heteroatoms. The van der Waals surface area contributed by atoms with Gasteiger partial charge >= 0.3 is 5.97 Å². The van der Waals surface area contributed by atoms with Crippen molar-refractivity contribution >= 4 is 17.4 Å². The summed E-state index contributed by atoms with van der Waals surface area (Å²) >= 11 is 0. The van der Waals surface area contributed by atoms with E-state index in [-0.39, 0.29) is 11.3 Å². The summed E-state index contributed by atoms with van der Waals surface area (Å²) in [5, 5.41) is 9.20. The van der Waals surface area contributed by atoms with Gasteiger partial charge in [0.05, 0.1) is 11.3 Å². The van der Waals surface area contributed by atoms with E-state index < -0.39 is 12.1 Å². The first-order valence-electron chi connectivity index (χ1n) is 6.14. The highest BCUT2D eigenvalue weighted by atomic mass is 16.7. The largest absolute Gasteiger partial charge is 0.478 e. The molecule has 2 aromatic carbocycles. The van der Waals surface area contributed by atoms with Crippen LogP contribution in [0.4, 0.5) is 5.69 Å². The quantitative estimate of drug-likeness (QED) is 0.829. The maximum absolute atomic E-state index is 12.5. The first-order chi connectivity index (χ1) is 9.68. The molecule has 0 saturated carbocycles. The first-order valence-corrected chi connectivity index (χ1v) is 6.14. The molecule has 4 rings (SSSR count). The molecule has 1 atom stereocenters. The summed E-state index contributed by atoms with van der Waals surface area (Å²) in [5.74, 6) is -1.15. The van der Waals surface area contributed by atoms with Crippen LogP contribution in [-0.4, -0.2) is 16.9 Å². The van der Waals surface area contributed by atoms with Crippen molar-refractivity contribution in [2.75, 3.05) is 5.48 Å². The number of carboxylic acids is 1. The Balaban J connectivity index is 2.04. The number of ketones is 1. The minimum absolute atomic E-state index is 0.0997. The lowest BCUT2D eigenvalue weighted by atomic mass is 9.82. The monoisotopic (exact) mass is 267 g/mol. The van der Waals surface area contributed by atoms with Crippen LogP contribution in [0.5, 0.6) is 0 Å². The molecule has 2 N–H and O–H groups in total. The number of nitrogens with one attached hydrogen (secondary N) is 1. The third-order valence-corrected chi connectivity index (χ3v) is 3.75. The fourth-order valence-electron chi connectivity index (χ4n) is 2.85. The van der Waals surface area contributed by atoms with Crippen LogP contribution >= 0.6 is 0 Å². The molecule has 2 aliphatic rings. The molecule has 2 aromatic rings. The Morgan fingerprint density at radius 3 is 2.75 bits per heavy atom. The highest BCUT2D eigenvalue weighted by Gasteiger charge is 2.39. The molecular weight excluding hydrogens is 258 g/mol. The highest BCUT2D eigenvalue weighted by Crippen LogP contribution is 2.46. The summed E-state index contributed by atoms with van der Waals surface area (Å²) in [4.78, 5) is 29.2. The summed E-state index contributed by atoms with van der Waals surface area (Å²) in [6, 6.07) is 10.2. The number of carbonyl (C=O) groups is 2. The Kier molecular flexibility index (Phi) is 2.06. The minimum Gasteiger partial charge on any atom is -0.478 e. The number of anilines is 1. The van der Waals surface area contributed by atoms with Crippen LogP contribution in [0.1, 0.15) is 43.5 Å². The van der Waals surface area contributed by atoms with Gasteiger partial charge in [-0.1, -0.05) is 24.3 Å². The van der Waals surface area contributed by atoms with Crippen molar-refractivity contribution < 1.29 is 19.5 Å². The number of hydrogen-bond donors (Lipinski definition) is 2. The molecule has 20 heavy (non-hydrogen) atoms. The molecule has 0 saturated heterocycles. The molecule has 1 heterocycles. The zero-order chi connectivity index (χ0) is 13.9. The number of aromatic carboxylic acids is 1. The predicted molar refractivity (Wildman–Crippen MR) is 69.8 cm³/mol. The van der Waals surface area contributed by atoms with Gasteiger partial charge in [-0.25, -0.2) is 4.79 Å². The minimum atomic E-state index is -1.05. The Morgan fingerprint density at radius 1 is 1.15 bits per heavy atom. The maximum atomic E-state index is 12.5. The van der Waals surface area contributed by atoms with Crippen molar-refractivity contribution in [2.45, 2.75) is 6.10 Å². The van der Waals surface area contributed by atoms with Crippen LogP contribution in [0, 0.1) is 0 Å². The van der Waals surface area contributed by atoms with Crippen molar-refractivity contribution in [3.8, 4) is 0 Å². The van der Waals surface area contributed by atoms with E-state index in [2.05, 4.69) is 5.48 Å². The van der Waals surface area contributed by atoms with Gasteiger partial charge < -0.3 is 5.11 Å². The van der Waals surface area contributed by atoms with E-state index in [9.17, 15) is 14.7 Å². The topological polar surface area (TPSA) is 75.6 Å². The molecule has 5 nitrogen and oxygen atoms in total. The van der Waals surface area contributed by atoms with Gasteiger partial charge in [0.2, 0.25) is 0 Å². The smallest absolute Gasteiger partial charge is 0.337 e. The van der Waals surface area contributed by atoms with Crippen LogP contribution < -0.4 is 5.48 Å². The second-order valence-electron chi connectivity index (χ2n) is 4.77. The molecule has 0 spiro atoms. The molecule has 1 aliphatic heterocycles. The van der Waals surface area contributed by atoms with Crippen LogP contribution in [-0.2, 0) is 4.84 Å². The predicted octanol–water partition coefficient (Wildman–Crippen LogP) is 2.38. The summed E-state index contributed by atoms with van der Waals surface area (Å²) in [6.07, 6.45) is -0.437. The van der Waals surface area contributed by atoms with Gasteiger partial charge in [-0.2, -0.15) is 0 Å². The van der Waals surface area contributed by atoms with Crippen LogP contribution in [0.3, 0.4) is 0 Å². The van der Waals surface area contributed by atoms with E-state index >= 15 is 0 Å². The average Bonchev–Trinajstić information content (AvgIpc) is 2.89. The fourth-order valence-corrected chi connectivity index (χ4v) is 2.85. The third-order valence-electron chi connectivity index (χ3n) is 3.75. The molecular formula is C15H9NO4. The van der Waals surface area contributed by atoms with Crippen LogP contribution in [0.25, 0.3) is 0 Å². The van der Waals surface area contributed by atoms with Crippen molar-refractivity contribution in [1.29, 1.82) is 0 Å². The molecule has 0 amide bonds. The molecule has 0 bridgehead atoms. The molecule has 1 aliphatic carbocycles. The normalized spacial score (nSPS) is 18.2. The van der Waals surface area contributed by atoms with Gasteiger partial charge in [0.15, 0.2) is 5.78 Å². The lowest BCUT2D eigenvalue weighted by Gasteiger charge is -2.21. The Morgan fingerprint density at radius 2 is 1.95 bits per heavy atom. The number of fused-ring (bicyclic) bond motifs is 2. The standard InChI is InChI=1S/C15H9NO4/c17-13-7-3-1-2-4-8(7)14-11-9(13)5-6-10(15(18)19)12(11)16-20-14/h1-6,14,16H,(H,18,19). The van der Waals surface area contributed by atoms with E-state index in [0.717, 1.165) is 5.56 Å². The number of carbonyl (C=O) groups excluding carboxylic acids is 1. The third kappa shape index (κ3) is 1.24. The Hall–Kier alpha value is -2.66. The summed E-state index contributed by atoms with van der Waals surface area (Å²) in [6.45, 7) is 0. The van der Waals surface area contributed by atoms with E-state index in [4.69, 9.17) is 4.84 Å². The second kappa shape index (κ2) is 3.68. The van der Waals surface area contributed by atoms with E-state index in [0.29, 0.717) is 22.4 Å². The molecule has 0 aromatic heterocycles. The summed E-state index contributed by atoms with van der Waals surface area (Å²) in [5.41, 5.74) is 5.63. The molecule has 0 radical (unpaired) electrons. The molecule has 0 fully saturated rings.